The fourth-order valence-corrected chi connectivity index (χ4v) is 9.63. The first-order valence-electron chi connectivity index (χ1n) is 24.5. The number of nitrogens with two attached hydrogens (primary N) is 4. The van der Waals surface area contributed by atoms with E-state index in [1.165, 1.54) is 6.92 Å². The average molecular weight is 1020 g/mol. The molecule has 4 aliphatic heterocycles. The number of ether oxygens (including phenoxy) is 1. The number of benzene rings is 3. The van der Waals surface area contributed by atoms with E-state index in [1.807, 2.05) is 6.07 Å². The standard InChI is InChI=1S/C50H65N13O11/c1-24(65)38-46(69)62-40(47(70)58-33(12-7-17-55-50(53)54)44(67)59-35(49(72)73)18-25-8-3-2-4-9-25)29(11-6-16-51)26-14-15-30-31(22-56-34(30)20-26)42-41(48(71)61-38)63-45(68)36(23-64)60-43(66)32(52)21-28-19-27-10-5-13-37(74-42)39(27)57-28/h2-5,8-10,13-15,20,22,24,28-29,32-33,35-36,38,40-42,56-57,64-65H,6-7,11-12,16-19,21,23,51-52H2,1H3,(H,58,70)(H,59,67)(H,60,66)(H,61,71)(H,62,69)(H,63,68)(H,72,73)(H4,53,54,55)/t24?,28?,29-,32-,33-,35-,36-,38-,40-,41-,42+/m0/s1. The molecular formula is C50H65N13O11. The SMILES string of the molecule is CC(O)[C@@H]1NC(=O)[C@H]2NC(=O)[C@H](CO)NC(=O)[C@@H](N)CC3Cc4cccc(c4N3)O[C@@H]2c2c[nH]c3cc(ccc23)[C@H](CCCN)[C@@H](C(=O)N[C@@H](CCCN=C(N)N)C(=O)N[C@@H](Cc2ccccc2)C(=O)O)NC1=O. The number of aliphatic hydroxyl groups excluding tert-OH is 2. The Morgan fingerprint density at radius 2 is 1.65 bits per heavy atom. The van der Waals surface area contributed by atoms with Gasteiger partial charge in [0.05, 0.1) is 24.4 Å². The highest BCUT2D eigenvalue weighted by Gasteiger charge is 2.43. The fraction of sp³-hybridized carbons (Fsp3) is 0.440. The number of carboxylic acid groups (broad SMARTS) is 1. The van der Waals surface area contributed by atoms with Crippen LogP contribution in [0.15, 0.2) is 77.9 Å². The molecule has 396 valence electrons. The van der Waals surface area contributed by atoms with E-state index in [4.69, 9.17) is 27.7 Å². The van der Waals surface area contributed by atoms with E-state index in [-0.39, 0.29) is 62.9 Å². The Balaban J connectivity index is 1.32. The Morgan fingerprint density at radius 1 is 0.878 bits per heavy atom. The zero-order valence-electron chi connectivity index (χ0n) is 40.7. The Kier molecular flexibility index (Phi) is 17.7. The molecule has 4 aromatic rings. The molecule has 0 fully saturated rings. The number of aromatic amines is 1. The number of guanidine groups is 1. The van der Waals surface area contributed by atoms with Crippen LogP contribution in [-0.2, 0) is 46.4 Å². The summed E-state index contributed by atoms with van der Waals surface area (Å²) in [7, 11) is 0. The van der Waals surface area contributed by atoms with Gasteiger partial charge in [-0.05, 0) is 80.8 Å². The first kappa shape index (κ1) is 54.0. The maximum atomic E-state index is 15.0. The van der Waals surface area contributed by atoms with Gasteiger partial charge in [0.25, 0.3) is 0 Å². The number of aliphatic hydroxyl groups is 2. The molecule has 24 nitrogen and oxygen atoms in total. The van der Waals surface area contributed by atoms with Crippen molar-refractivity contribution >= 4 is 64.0 Å². The molecule has 0 saturated heterocycles. The minimum absolute atomic E-state index is 0.0449. The number of para-hydroxylation sites is 1. The Bertz CT molecular complexity index is 2730. The molecule has 8 rings (SSSR count). The highest BCUT2D eigenvalue weighted by molar-refractivity contribution is 5.99. The summed E-state index contributed by atoms with van der Waals surface area (Å²) in [4.78, 5) is 106. The summed E-state index contributed by atoms with van der Waals surface area (Å²) in [6, 6.07) is 8.13. The van der Waals surface area contributed by atoms with Gasteiger partial charge >= 0.3 is 5.97 Å². The average Bonchev–Trinajstić information content (AvgIpc) is 3.99. The van der Waals surface area contributed by atoms with E-state index in [0.29, 0.717) is 46.1 Å². The molecule has 0 saturated carbocycles. The van der Waals surface area contributed by atoms with Crippen LogP contribution < -0.4 is 64.9 Å². The number of H-pyrrole nitrogens is 1. The van der Waals surface area contributed by atoms with Crippen LogP contribution in [0.5, 0.6) is 5.75 Å². The third-order valence-corrected chi connectivity index (χ3v) is 13.5. The second-order valence-corrected chi connectivity index (χ2v) is 18.8. The van der Waals surface area contributed by atoms with E-state index in [9.17, 15) is 44.1 Å². The first-order valence-corrected chi connectivity index (χ1v) is 24.5. The molecule has 1 aromatic heterocycles. The molecular weight excluding hydrogens is 959 g/mol. The number of fused-ring (bicyclic) bond motifs is 8. The van der Waals surface area contributed by atoms with E-state index in [1.54, 1.807) is 66.9 Å². The minimum Gasteiger partial charge on any atom is -0.481 e. The van der Waals surface area contributed by atoms with Gasteiger partial charge in [0, 0.05) is 47.6 Å². The van der Waals surface area contributed by atoms with Gasteiger partial charge < -0.3 is 85.2 Å². The summed E-state index contributed by atoms with van der Waals surface area (Å²) in [5, 5.41) is 51.5. The summed E-state index contributed by atoms with van der Waals surface area (Å²) in [6.07, 6.45) is -0.337. The molecule has 2 unspecified atom stereocenters. The lowest BCUT2D eigenvalue weighted by Gasteiger charge is -2.34. The van der Waals surface area contributed by atoms with Gasteiger partial charge in [0.15, 0.2) is 12.1 Å². The molecule has 11 atom stereocenters. The number of aliphatic carboxylic acids is 1. The quantitative estimate of drug-likeness (QED) is 0.0323. The Labute approximate surface area is 425 Å². The predicted octanol–water partition coefficient (Wildman–Crippen LogP) is -2.15. The highest BCUT2D eigenvalue weighted by atomic mass is 16.5. The molecule has 0 aliphatic carbocycles. The van der Waals surface area contributed by atoms with Crippen molar-refractivity contribution in [3.8, 4) is 5.75 Å². The summed E-state index contributed by atoms with van der Waals surface area (Å²) in [6.45, 7) is 0.548. The van der Waals surface area contributed by atoms with E-state index in [2.05, 4.69) is 47.2 Å². The lowest BCUT2D eigenvalue weighted by atomic mass is 9.85. The normalized spacial score (nSPS) is 24.2. The van der Waals surface area contributed by atoms with Gasteiger partial charge in [-0.3, -0.25) is 33.8 Å². The van der Waals surface area contributed by atoms with E-state index in [0.717, 1.165) is 5.56 Å². The lowest BCUT2D eigenvalue weighted by molar-refractivity contribution is -0.142. The summed E-state index contributed by atoms with van der Waals surface area (Å²) in [5.41, 5.74) is 26.8. The molecule has 6 bridgehead atoms. The smallest absolute Gasteiger partial charge is 0.326 e. The fourth-order valence-electron chi connectivity index (χ4n) is 9.63. The van der Waals surface area contributed by atoms with Crippen LogP contribution >= 0.6 is 0 Å². The maximum Gasteiger partial charge on any atom is 0.326 e. The summed E-state index contributed by atoms with van der Waals surface area (Å²) < 4.78 is 6.81. The number of aliphatic imine (C=N–C) groups is 1. The van der Waals surface area contributed by atoms with Crippen LogP contribution in [0.3, 0.4) is 0 Å². The number of anilines is 1. The number of carbonyl (C=O) groups excluding carboxylic acids is 6. The Hall–Kier alpha value is -7.80. The van der Waals surface area contributed by atoms with Crippen LogP contribution in [-0.4, -0.2) is 142 Å². The number of carbonyl (C=O) groups is 7. The number of hydrogen-bond acceptors (Lipinski definition) is 14. The van der Waals surface area contributed by atoms with Crippen LogP contribution in [0.2, 0.25) is 0 Å². The predicted molar refractivity (Wildman–Crippen MR) is 271 cm³/mol. The lowest BCUT2D eigenvalue weighted by Crippen LogP contribution is -2.63. The Morgan fingerprint density at radius 3 is 2.35 bits per heavy atom. The van der Waals surface area contributed by atoms with Crippen LogP contribution in [0.25, 0.3) is 10.9 Å². The van der Waals surface area contributed by atoms with Crippen molar-refractivity contribution in [2.24, 2.45) is 27.9 Å². The topological polar surface area (TPSA) is 406 Å². The molecule has 4 aliphatic rings. The molecule has 74 heavy (non-hydrogen) atoms. The van der Waals surface area contributed by atoms with Gasteiger partial charge in [0.2, 0.25) is 35.4 Å². The molecule has 0 radical (unpaired) electrons. The van der Waals surface area contributed by atoms with E-state index < -0.39 is 108 Å². The number of rotatable bonds is 16. The number of carboxylic acids is 1. The second-order valence-electron chi connectivity index (χ2n) is 18.8. The third-order valence-electron chi connectivity index (χ3n) is 13.5. The van der Waals surface area contributed by atoms with Crippen molar-refractivity contribution in [1.29, 1.82) is 0 Å². The van der Waals surface area contributed by atoms with Crippen LogP contribution in [0.4, 0.5) is 5.69 Å². The number of nitrogens with zero attached hydrogens (tertiary/aromatic N) is 1. The van der Waals surface area contributed by atoms with Crippen molar-refractivity contribution in [1.82, 2.24) is 36.9 Å². The van der Waals surface area contributed by atoms with Crippen molar-refractivity contribution < 1.29 is 53.6 Å². The van der Waals surface area contributed by atoms with Crippen molar-refractivity contribution in [3.63, 3.8) is 0 Å². The van der Waals surface area contributed by atoms with Crippen LogP contribution in [0.1, 0.15) is 73.3 Å². The molecule has 24 heteroatoms. The number of aromatic nitrogens is 1. The molecule has 0 spiro atoms. The zero-order valence-corrected chi connectivity index (χ0v) is 40.7. The zero-order chi connectivity index (χ0) is 53.2. The monoisotopic (exact) mass is 1020 g/mol. The summed E-state index contributed by atoms with van der Waals surface area (Å²) in [5.74, 6) is -7.74. The highest BCUT2D eigenvalue weighted by Crippen LogP contribution is 2.41. The molecule has 19 N–H and O–H groups in total. The molecule has 6 amide bonds. The van der Waals surface area contributed by atoms with Crippen molar-refractivity contribution in [2.45, 2.75) is 118 Å². The van der Waals surface area contributed by atoms with Gasteiger partial charge in [-0.15, -0.1) is 0 Å². The second kappa shape index (κ2) is 24.3. The largest absolute Gasteiger partial charge is 0.481 e. The molecule has 3 aromatic carbocycles. The first-order chi connectivity index (χ1) is 35.5. The van der Waals surface area contributed by atoms with Gasteiger partial charge in [-0.2, -0.15) is 0 Å². The van der Waals surface area contributed by atoms with Gasteiger partial charge in [0.1, 0.15) is 42.0 Å². The minimum atomic E-state index is -1.82. The van der Waals surface area contributed by atoms with Crippen molar-refractivity contribution in [3.05, 3.63) is 95.2 Å². The van der Waals surface area contributed by atoms with Gasteiger partial charge in [-0.1, -0.05) is 54.6 Å². The number of nitrogens with one attached hydrogen (secondary N) is 8. The van der Waals surface area contributed by atoms with E-state index >= 15 is 4.79 Å². The van der Waals surface area contributed by atoms with Gasteiger partial charge in [-0.25, -0.2) is 4.79 Å². The van der Waals surface area contributed by atoms with Crippen molar-refractivity contribution in [2.75, 3.05) is 25.0 Å². The number of hydrogen-bond donors (Lipinski definition) is 15. The van der Waals surface area contributed by atoms with Crippen LogP contribution in [0, 0.1) is 0 Å². The maximum absolute atomic E-state index is 15.0. The number of amides is 6. The third kappa shape index (κ3) is 12.9. The summed E-state index contributed by atoms with van der Waals surface area (Å²) >= 11 is 0. The molecule has 5 heterocycles.